The van der Waals surface area contributed by atoms with Crippen LogP contribution >= 0.6 is 11.6 Å². The molecular formula is C29H26ClNZr. The van der Waals surface area contributed by atoms with Crippen LogP contribution in [-0.4, -0.2) is 11.0 Å². The van der Waals surface area contributed by atoms with Crippen LogP contribution in [0.4, 0.5) is 0 Å². The van der Waals surface area contributed by atoms with E-state index < -0.39 is 0 Å². The van der Waals surface area contributed by atoms with E-state index in [1.807, 2.05) is 0 Å². The van der Waals surface area contributed by atoms with Gasteiger partial charge in [0.05, 0.1) is 11.0 Å². The number of benzene rings is 3. The van der Waals surface area contributed by atoms with Crippen LogP contribution < -0.4 is 0 Å². The van der Waals surface area contributed by atoms with Crippen molar-refractivity contribution in [2.24, 2.45) is 0 Å². The van der Waals surface area contributed by atoms with Gasteiger partial charge < -0.3 is 4.57 Å². The smallest absolute Gasteiger partial charge is 0.328 e. The number of nitrogens with zero attached hydrogens (tertiary/aromatic N) is 1. The number of hydrogen-bond acceptors (Lipinski definition) is 0. The fraction of sp³-hybridized carbons (Fsp3) is 0.103. The predicted octanol–water partition coefficient (Wildman–Crippen LogP) is 8.53. The van der Waals surface area contributed by atoms with Crippen molar-refractivity contribution in [2.75, 3.05) is 6.38 Å². The fourth-order valence-corrected chi connectivity index (χ4v) is 4.06. The quantitative estimate of drug-likeness (QED) is 0.153. The van der Waals surface area contributed by atoms with Gasteiger partial charge in [-0.1, -0.05) is 56.3 Å². The molecule has 0 saturated carbocycles. The monoisotopic (exact) mass is 513 g/mol. The molecule has 5 aromatic carbocycles. The van der Waals surface area contributed by atoms with Gasteiger partial charge in [0.15, 0.2) is 0 Å². The zero-order chi connectivity index (χ0) is 21.8. The minimum absolute atomic E-state index is 0. The van der Waals surface area contributed by atoms with Crippen LogP contribution in [-0.2, 0) is 26.2 Å². The van der Waals surface area contributed by atoms with Gasteiger partial charge in [-0.2, -0.15) is 17.2 Å². The van der Waals surface area contributed by atoms with Crippen molar-refractivity contribution < 1.29 is 26.2 Å². The Balaban J connectivity index is 0.000000248. The Hall–Kier alpha value is -2.41. The van der Waals surface area contributed by atoms with E-state index in [0.717, 1.165) is 0 Å². The maximum atomic E-state index is 4.64. The number of alkyl halides is 1. The average Bonchev–Trinajstić information content (AvgIpc) is 3.50. The van der Waals surface area contributed by atoms with E-state index in [0.29, 0.717) is 0 Å². The number of aryl methyl sites for hydroxylation is 2. The second-order valence-electron chi connectivity index (χ2n) is 7.60. The molecule has 32 heavy (non-hydrogen) atoms. The summed E-state index contributed by atoms with van der Waals surface area (Å²) in [7, 11) is 0. The molecule has 3 heteroatoms. The van der Waals surface area contributed by atoms with E-state index in [2.05, 4.69) is 133 Å². The molecule has 0 fully saturated rings. The maximum absolute atomic E-state index is 4.64. The van der Waals surface area contributed by atoms with Crippen molar-refractivity contribution in [3.63, 3.8) is 0 Å². The number of halogens is 1. The summed E-state index contributed by atoms with van der Waals surface area (Å²) in [4.78, 5) is 0. The van der Waals surface area contributed by atoms with Crippen LogP contribution in [0.2, 0.25) is 0 Å². The number of para-hydroxylation sites is 2. The minimum atomic E-state index is 0. The number of rotatable bonds is 1. The van der Waals surface area contributed by atoms with Gasteiger partial charge in [-0.05, 0) is 17.8 Å². The van der Waals surface area contributed by atoms with Crippen LogP contribution in [0, 0.1) is 13.8 Å². The van der Waals surface area contributed by atoms with Gasteiger partial charge in [0.1, 0.15) is 0 Å². The van der Waals surface area contributed by atoms with Gasteiger partial charge in [0.2, 0.25) is 0 Å². The van der Waals surface area contributed by atoms with Crippen LogP contribution in [0.1, 0.15) is 11.1 Å². The zero-order valence-corrected chi connectivity index (χ0v) is 21.9. The first kappa shape index (κ1) is 24.2. The molecule has 6 rings (SSSR count). The molecule has 158 valence electrons. The summed E-state index contributed by atoms with van der Waals surface area (Å²) in [6.45, 7) is 4.24. The van der Waals surface area contributed by atoms with Crippen molar-refractivity contribution in [3.05, 3.63) is 114 Å². The fourth-order valence-electron chi connectivity index (χ4n) is 4.06. The van der Waals surface area contributed by atoms with Crippen molar-refractivity contribution in [2.45, 2.75) is 13.8 Å². The molecule has 0 spiro atoms. The molecule has 0 saturated heterocycles. The second-order valence-corrected chi connectivity index (χ2v) is 7.60. The summed E-state index contributed by atoms with van der Waals surface area (Å²) in [5.74, 6) is 0. The summed E-state index contributed by atoms with van der Waals surface area (Å²) < 4.78 is 2.37. The molecule has 6 aromatic rings. The zero-order valence-electron chi connectivity index (χ0n) is 18.6. The summed E-state index contributed by atoms with van der Waals surface area (Å²) in [6.07, 6.45) is 1.47. The molecule has 0 aliphatic rings. The van der Waals surface area contributed by atoms with Gasteiger partial charge in [-0.3, -0.25) is 0 Å². The van der Waals surface area contributed by atoms with E-state index >= 15 is 0 Å². The molecule has 0 N–H and O–H groups in total. The van der Waals surface area contributed by atoms with Gasteiger partial charge in [-0.15, -0.1) is 52.7 Å². The molecule has 0 unspecified atom stereocenters. The van der Waals surface area contributed by atoms with E-state index in [1.165, 1.54) is 55.8 Å². The number of aromatic nitrogens is 1. The number of fused-ring (bicyclic) bond motifs is 4. The predicted molar refractivity (Wildman–Crippen MR) is 137 cm³/mol. The first-order valence-electron chi connectivity index (χ1n) is 10.4. The molecule has 0 bridgehead atoms. The first-order chi connectivity index (χ1) is 15.2. The Morgan fingerprint density at radius 2 is 1.31 bits per heavy atom. The average molecular weight is 515 g/mol. The summed E-state index contributed by atoms with van der Waals surface area (Å²) in [5.41, 5.74) is 6.54. The third-order valence-electron chi connectivity index (χ3n) is 5.76. The molecule has 1 nitrogen and oxygen atoms in total. The Bertz CT molecular complexity index is 1330. The molecule has 0 radical (unpaired) electrons. The van der Waals surface area contributed by atoms with Crippen molar-refractivity contribution in [1.82, 2.24) is 4.57 Å². The van der Waals surface area contributed by atoms with Crippen LogP contribution in [0.3, 0.4) is 0 Å². The van der Waals surface area contributed by atoms with E-state index in [9.17, 15) is 0 Å². The van der Waals surface area contributed by atoms with E-state index in [1.54, 1.807) is 0 Å². The largest absolute Gasteiger partial charge is 2.00 e. The molecular weight excluding hydrogens is 489 g/mol. The maximum Gasteiger partial charge on any atom is 2.00 e. The topological polar surface area (TPSA) is 4.93 Å². The summed E-state index contributed by atoms with van der Waals surface area (Å²) >= 11 is 4.64. The molecule has 0 aliphatic heterocycles. The molecule has 1 aromatic heterocycles. The molecule has 0 atom stereocenters. The number of hydrogen-bond donors (Lipinski definition) is 0. The van der Waals surface area contributed by atoms with E-state index in [-0.39, 0.29) is 26.2 Å². The third kappa shape index (κ3) is 4.68. The van der Waals surface area contributed by atoms with Crippen molar-refractivity contribution in [1.29, 1.82) is 0 Å². The standard InChI is InChI=1S/C21H14N.C7H9.CH3Cl.Zr/c1-2-8-16-14-17(13-15(16)7-1)22-20-11-5-3-9-18(20)19-10-4-6-12-21(19)22;1-6-4-3-5-7(6)2;1-2;/h1-14H;3-5H,1-2H3;1H3;/q2*-1;;+2. The van der Waals surface area contributed by atoms with Crippen molar-refractivity contribution >= 4 is 44.2 Å². The van der Waals surface area contributed by atoms with Gasteiger partial charge >= 0.3 is 26.2 Å². The summed E-state index contributed by atoms with van der Waals surface area (Å²) in [6, 6.07) is 36.7. The van der Waals surface area contributed by atoms with Crippen LogP contribution in [0.15, 0.2) is 103 Å². The Morgan fingerprint density at radius 1 is 0.750 bits per heavy atom. The van der Waals surface area contributed by atoms with Crippen LogP contribution in [0.25, 0.3) is 38.3 Å². The Labute approximate surface area is 214 Å². The van der Waals surface area contributed by atoms with Crippen molar-refractivity contribution in [3.8, 4) is 5.69 Å². The van der Waals surface area contributed by atoms with Gasteiger partial charge in [-0.25, -0.2) is 12.1 Å². The SMILES string of the molecule is CCl.Cc1ccc[c-]1C.[Zr+2].c1ccc2[cH-]c(-n3c4ccccc4c4ccccc43)cc2c1. The molecule has 0 amide bonds. The first-order valence-corrected chi connectivity index (χ1v) is 11.2. The molecule has 0 aliphatic carbocycles. The van der Waals surface area contributed by atoms with E-state index in [4.69, 9.17) is 0 Å². The van der Waals surface area contributed by atoms with Crippen LogP contribution in [0.5, 0.6) is 0 Å². The normalized spacial score (nSPS) is 10.2. The van der Waals surface area contributed by atoms with Gasteiger partial charge in [0, 0.05) is 17.2 Å². The third-order valence-corrected chi connectivity index (χ3v) is 5.76. The molecule has 1 heterocycles. The second kappa shape index (κ2) is 10.9. The summed E-state index contributed by atoms with van der Waals surface area (Å²) in [5, 5.41) is 5.20. The van der Waals surface area contributed by atoms with Gasteiger partial charge in [0.25, 0.3) is 0 Å². The Morgan fingerprint density at radius 3 is 1.81 bits per heavy atom. The Kier molecular flexibility index (Phi) is 8.29. The minimum Gasteiger partial charge on any atom is -0.328 e.